The molecule has 0 heterocycles. The standard InChI is InChI=1S/C9H14F3NOS/c1-13(5-9(10,11)12)7(14)4-8(6-15)2-3-8/h15H,2-6H2,1H3. The molecule has 0 atom stereocenters. The van der Waals surface area contributed by atoms with Crippen molar-refractivity contribution in [2.24, 2.45) is 5.41 Å². The van der Waals surface area contributed by atoms with E-state index in [-0.39, 0.29) is 11.8 Å². The maximum absolute atomic E-state index is 12.0. The third-order valence-electron chi connectivity index (χ3n) is 2.66. The van der Waals surface area contributed by atoms with Gasteiger partial charge in [-0.05, 0) is 24.0 Å². The van der Waals surface area contributed by atoms with Crippen molar-refractivity contribution in [1.29, 1.82) is 0 Å². The van der Waals surface area contributed by atoms with E-state index in [4.69, 9.17) is 0 Å². The minimum Gasteiger partial charge on any atom is -0.337 e. The van der Waals surface area contributed by atoms with Crippen LogP contribution in [-0.2, 0) is 4.79 Å². The van der Waals surface area contributed by atoms with Gasteiger partial charge in [-0.15, -0.1) is 0 Å². The quantitative estimate of drug-likeness (QED) is 0.747. The normalized spacial score (nSPS) is 18.7. The number of hydrogen-bond acceptors (Lipinski definition) is 2. The number of carbonyl (C=O) groups excluding carboxylic acids is 1. The van der Waals surface area contributed by atoms with Crippen LogP contribution in [0, 0.1) is 5.41 Å². The Labute approximate surface area is 92.2 Å². The molecule has 1 saturated carbocycles. The lowest BCUT2D eigenvalue weighted by atomic mass is 10.0. The molecule has 0 aromatic rings. The second kappa shape index (κ2) is 4.23. The van der Waals surface area contributed by atoms with E-state index in [1.807, 2.05) is 0 Å². The van der Waals surface area contributed by atoms with Crippen LogP contribution in [0.25, 0.3) is 0 Å². The number of rotatable bonds is 4. The van der Waals surface area contributed by atoms with Gasteiger partial charge >= 0.3 is 6.18 Å². The van der Waals surface area contributed by atoms with Crippen molar-refractivity contribution in [3.63, 3.8) is 0 Å². The summed E-state index contributed by atoms with van der Waals surface area (Å²) in [6.45, 7) is -1.17. The maximum atomic E-state index is 12.0. The predicted molar refractivity (Wildman–Crippen MR) is 53.8 cm³/mol. The molecule has 0 radical (unpaired) electrons. The van der Waals surface area contributed by atoms with Gasteiger partial charge in [-0.3, -0.25) is 4.79 Å². The summed E-state index contributed by atoms with van der Waals surface area (Å²) in [7, 11) is 1.18. The van der Waals surface area contributed by atoms with E-state index in [9.17, 15) is 18.0 Å². The first-order valence-corrected chi connectivity index (χ1v) is 5.33. The predicted octanol–water partition coefficient (Wildman–Crippen LogP) is 2.11. The smallest absolute Gasteiger partial charge is 0.337 e. The summed E-state index contributed by atoms with van der Waals surface area (Å²) < 4.78 is 36.0. The average Bonchev–Trinajstić information content (AvgIpc) is 2.82. The number of alkyl halides is 3. The Bertz CT molecular complexity index is 250. The molecule has 15 heavy (non-hydrogen) atoms. The van der Waals surface area contributed by atoms with Crippen molar-refractivity contribution < 1.29 is 18.0 Å². The van der Waals surface area contributed by atoms with Crippen LogP contribution in [0.1, 0.15) is 19.3 Å². The molecule has 6 heteroatoms. The van der Waals surface area contributed by atoms with E-state index >= 15 is 0 Å². The van der Waals surface area contributed by atoms with Gasteiger partial charge in [-0.1, -0.05) is 0 Å². The summed E-state index contributed by atoms with van der Waals surface area (Å²) in [6.07, 6.45) is -2.35. The van der Waals surface area contributed by atoms with Gasteiger partial charge < -0.3 is 4.90 Å². The molecule has 1 aliphatic rings. The third kappa shape index (κ3) is 3.93. The fourth-order valence-electron chi connectivity index (χ4n) is 1.38. The zero-order chi connectivity index (χ0) is 11.7. The zero-order valence-corrected chi connectivity index (χ0v) is 9.37. The molecule has 2 nitrogen and oxygen atoms in total. The molecule has 1 aliphatic carbocycles. The van der Waals surface area contributed by atoms with Crippen LogP contribution in [0.5, 0.6) is 0 Å². The summed E-state index contributed by atoms with van der Waals surface area (Å²) in [6, 6.07) is 0. The zero-order valence-electron chi connectivity index (χ0n) is 8.47. The summed E-state index contributed by atoms with van der Waals surface area (Å²) in [5.74, 6) is 0.123. The van der Waals surface area contributed by atoms with Gasteiger partial charge in [0.05, 0.1) is 0 Å². The van der Waals surface area contributed by atoms with Gasteiger partial charge in [0.15, 0.2) is 0 Å². The fourth-order valence-corrected chi connectivity index (χ4v) is 1.81. The van der Waals surface area contributed by atoms with Gasteiger partial charge in [0.25, 0.3) is 0 Å². The number of hydrogen-bond donors (Lipinski definition) is 1. The Morgan fingerprint density at radius 1 is 1.47 bits per heavy atom. The van der Waals surface area contributed by atoms with Crippen molar-refractivity contribution in [2.45, 2.75) is 25.4 Å². The number of halogens is 3. The lowest BCUT2D eigenvalue weighted by molar-refractivity contribution is -0.159. The Morgan fingerprint density at radius 2 is 2.00 bits per heavy atom. The molecule has 0 unspecified atom stereocenters. The van der Waals surface area contributed by atoms with Gasteiger partial charge in [0.1, 0.15) is 6.54 Å². The van der Waals surface area contributed by atoms with Crippen LogP contribution >= 0.6 is 12.6 Å². The maximum Gasteiger partial charge on any atom is 0.406 e. The van der Waals surface area contributed by atoms with Gasteiger partial charge in [-0.2, -0.15) is 25.8 Å². The highest BCUT2D eigenvalue weighted by molar-refractivity contribution is 7.80. The summed E-state index contributed by atoms with van der Waals surface area (Å²) >= 11 is 4.10. The molecule has 1 rings (SSSR count). The summed E-state index contributed by atoms with van der Waals surface area (Å²) in [5.41, 5.74) is -0.125. The minimum atomic E-state index is -4.32. The first-order valence-electron chi connectivity index (χ1n) is 4.70. The first-order chi connectivity index (χ1) is 6.78. The Balaban J connectivity index is 2.40. The van der Waals surface area contributed by atoms with E-state index in [1.165, 1.54) is 7.05 Å². The first kappa shape index (κ1) is 12.7. The van der Waals surface area contributed by atoms with Crippen molar-refractivity contribution >= 4 is 18.5 Å². The largest absolute Gasteiger partial charge is 0.406 e. The summed E-state index contributed by atoms with van der Waals surface area (Å²) in [5, 5.41) is 0. The molecule has 0 aromatic heterocycles. The average molecular weight is 241 g/mol. The molecule has 0 spiro atoms. The number of amides is 1. The Hall–Kier alpha value is -0.390. The topological polar surface area (TPSA) is 20.3 Å². The monoisotopic (exact) mass is 241 g/mol. The van der Waals surface area contributed by atoms with Gasteiger partial charge in [0.2, 0.25) is 5.91 Å². The summed E-state index contributed by atoms with van der Waals surface area (Å²) in [4.78, 5) is 12.2. The molecule has 0 N–H and O–H groups in total. The van der Waals surface area contributed by atoms with Crippen LogP contribution in [0.2, 0.25) is 0 Å². The van der Waals surface area contributed by atoms with Crippen LogP contribution in [0.4, 0.5) is 13.2 Å². The van der Waals surface area contributed by atoms with Crippen molar-refractivity contribution in [1.82, 2.24) is 4.90 Å². The van der Waals surface area contributed by atoms with Gasteiger partial charge in [0, 0.05) is 13.5 Å². The van der Waals surface area contributed by atoms with Crippen LogP contribution < -0.4 is 0 Å². The Morgan fingerprint density at radius 3 is 2.33 bits per heavy atom. The second-order valence-electron chi connectivity index (χ2n) is 4.20. The fraction of sp³-hybridized carbons (Fsp3) is 0.889. The lowest BCUT2D eigenvalue weighted by Gasteiger charge is -2.21. The van der Waals surface area contributed by atoms with E-state index in [0.717, 1.165) is 17.7 Å². The molecule has 1 fully saturated rings. The number of thiol groups is 1. The van der Waals surface area contributed by atoms with E-state index < -0.39 is 18.6 Å². The second-order valence-corrected chi connectivity index (χ2v) is 4.52. The lowest BCUT2D eigenvalue weighted by Crippen LogP contribution is -2.37. The highest BCUT2D eigenvalue weighted by Gasteiger charge is 2.44. The van der Waals surface area contributed by atoms with E-state index in [2.05, 4.69) is 12.6 Å². The van der Waals surface area contributed by atoms with Crippen molar-refractivity contribution in [2.75, 3.05) is 19.3 Å². The SMILES string of the molecule is CN(CC(F)(F)F)C(=O)CC1(CS)CC1. The van der Waals surface area contributed by atoms with Crippen LogP contribution in [-0.4, -0.2) is 36.3 Å². The van der Waals surface area contributed by atoms with Crippen LogP contribution in [0.3, 0.4) is 0 Å². The highest BCUT2D eigenvalue weighted by Crippen LogP contribution is 2.49. The van der Waals surface area contributed by atoms with Gasteiger partial charge in [-0.25, -0.2) is 0 Å². The third-order valence-corrected chi connectivity index (χ3v) is 3.33. The molecule has 0 aromatic carbocycles. The highest BCUT2D eigenvalue weighted by atomic mass is 32.1. The van der Waals surface area contributed by atoms with Crippen LogP contribution in [0.15, 0.2) is 0 Å². The van der Waals surface area contributed by atoms with Crippen molar-refractivity contribution in [3.05, 3.63) is 0 Å². The molecule has 0 saturated heterocycles. The minimum absolute atomic E-state index is 0.125. The molecular formula is C9H14F3NOS. The Kier molecular flexibility index (Phi) is 3.58. The molecular weight excluding hydrogens is 227 g/mol. The van der Waals surface area contributed by atoms with E-state index in [0.29, 0.717) is 5.75 Å². The number of carbonyl (C=O) groups is 1. The molecule has 88 valence electrons. The van der Waals surface area contributed by atoms with E-state index in [1.54, 1.807) is 0 Å². The number of nitrogens with zero attached hydrogens (tertiary/aromatic N) is 1. The van der Waals surface area contributed by atoms with Crippen molar-refractivity contribution in [3.8, 4) is 0 Å². The molecule has 0 bridgehead atoms. The molecule has 1 amide bonds. The molecule has 0 aliphatic heterocycles.